The first-order chi connectivity index (χ1) is 19.3. The quantitative estimate of drug-likeness (QED) is 0.131. The lowest BCUT2D eigenvalue weighted by Crippen LogP contribution is -2.67. The molecule has 0 spiro atoms. The van der Waals surface area contributed by atoms with Crippen molar-refractivity contribution in [2.24, 2.45) is 10.4 Å². The Morgan fingerprint density at radius 2 is 2.10 bits per heavy atom. The fourth-order valence-corrected chi connectivity index (χ4v) is 5.34. The Bertz CT molecular complexity index is 1140. The maximum Gasteiger partial charge on any atom is 0.446 e. The number of likely N-dealkylation sites (N-methyl/N-ethyl adjacent to an activating group) is 2. The smallest absolute Gasteiger partial charge is 0.391 e. The van der Waals surface area contributed by atoms with Gasteiger partial charge in [0.2, 0.25) is 0 Å². The van der Waals surface area contributed by atoms with E-state index in [2.05, 4.69) is 32.7 Å². The Morgan fingerprint density at radius 3 is 2.73 bits per heavy atom. The highest BCUT2D eigenvalue weighted by atomic mass is 32.2. The second kappa shape index (κ2) is 15.2. The number of hydrogen-bond donors (Lipinski definition) is 2. The van der Waals surface area contributed by atoms with Gasteiger partial charge in [-0.3, -0.25) is 0 Å². The third kappa shape index (κ3) is 7.63. The van der Waals surface area contributed by atoms with Gasteiger partial charge in [-0.2, -0.15) is 26.2 Å². The molecule has 2 heterocycles. The molecule has 0 saturated carbocycles. The number of thioether (sulfide) groups is 1. The van der Waals surface area contributed by atoms with Gasteiger partial charge in [-0.25, -0.2) is 9.48 Å². The molecule has 0 bridgehead atoms. The minimum atomic E-state index is -1.92. The number of aliphatic hydroxyl groups is 1. The summed E-state index contributed by atoms with van der Waals surface area (Å²) in [7, 11) is 1.45. The third-order valence-corrected chi connectivity index (χ3v) is 7.61. The molecule has 1 aliphatic rings. The molecule has 1 saturated heterocycles. The third-order valence-electron chi connectivity index (χ3n) is 6.63. The van der Waals surface area contributed by atoms with Crippen LogP contribution >= 0.6 is 11.8 Å². The summed E-state index contributed by atoms with van der Waals surface area (Å²) in [6.45, 7) is 8.01. The molecule has 14 heteroatoms. The van der Waals surface area contributed by atoms with E-state index in [1.807, 2.05) is 44.2 Å². The van der Waals surface area contributed by atoms with E-state index < -0.39 is 42.0 Å². The van der Waals surface area contributed by atoms with E-state index >= 15 is 0 Å². The Labute approximate surface area is 237 Å². The summed E-state index contributed by atoms with van der Waals surface area (Å²) in [4.78, 5) is 37.7. The van der Waals surface area contributed by atoms with E-state index in [0.717, 1.165) is 21.6 Å². The van der Waals surface area contributed by atoms with Gasteiger partial charge in [-0.15, -0.1) is 5.10 Å². The van der Waals surface area contributed by atoms with Crippen molar-refractivity contribution in [1.82, 2.24) is 20.3 Å². The molecule has 1 aromatic heterocycles. The van der Waals surface area contributed by atoms with Crippen LogP contribution in [0.5, 0.6) is 0 Å². The number of nitrogens with one attached hydrogen (secondary N) is 1. The molecule has 2 aromatic rings. The first-order valence-electron chi connectivity index (χ1n) is 13.3. The highest BCUT2D eigenvalue weighted by Crippen LogP contribution is 2.35. The van der Waals surface area contributed by atoms with Gasteiger partial charge in [0.05, 0.1) is 31.5 Å². The molecule has 3 rings (SSSR count). The number of benzene rings is 1. The number of rotatable bonds is 16. The van der Waals surface area contributed by atoms with E-state index in [4.69, 9.17) is 9.47 Å². The van der Waals surface area contributed by atoms with Gasteiger partial charge >= 0.3 is 11.7 Å². The van der Waals surface area contributed by atoms with Crippen LogP contribution in [0, 0.1) is 9.81 Å². The lowest BCUT2D eigenvalue weighted by Gasteiger charge is -2.45. The molecule has 0 aliphatic carbocycles. The predicted octanol–water partition coefficient (Wildman–Crippen LogP) is 2.07. The molecule has 6 atom stereocenters. The number of carbonyl (C=O) groups excluding carboxylic acids is 1. The molecule has 2 N–H and O–H groups in total. The van der Waals surface area contributed by atoms with Crippen LogP contribution in [0.4, 0.5) is 0 Å². The summed E-state index contributed by atoms with van der Waals surface area (Å²) >= 11 is 1.73. The van der Waals surface area contributed by atoms with Crippen LogP contribution in [0.15, 0.2) is 46.9 Å². The Kier molecular flexibility index (Phi) is 12.0. The SMILES string of the molecule is C=[N+](C)C(=O)C1(OCCCSCC)CC(O)C(NCC)C(C(N=O)C(Cn2cc(-c3ccccc3)nn2)N=O)O1. The fourth-order valence-electron chi connectivity index (χ4n) is 4.73. The zero-order valence-corrected chi connectivity index (χ0v) is 23.9. The zero-order valence-electron chi connectivity index (χ0n) is 23.1. The second-order valence-corrected chi connectivity index (χ2v) is 10.9. The van der Waals surface area contributed by atoms with Crippen LogP contribution in [0.3, 0.4) is 0 Å². The van der Waals surface area contributed by atoms with Gasteiger partial charge in [0.15, 0.2) is 0 Å². The minimum absolute atomic E-state index is 0.125. The first-order valence-corrected chi connectivity index (χ1v) is 14.5. The number of nitroso groups, excluding NO2 is 2. The van der Waals surface area contributed by atoms with E-state index in [9.17, 15) is 19.7 Å². The van der Waals surface area contributed by atoms with E-state index in [1.165, 1.54) is 11.7 Å². The molecule has 1 aliphatic heterocycles. The molecule has 218 valence electrons. The van der Waals surface area contributed by atoms with Crippen molar-refractivity contribution in [3.8, 4) is 11.3 Å². The Morgan fingerprint density at radius 1 is 1.35 bits per heavy atom. The van der Waals surface area contributed by atoms with E-state index in [1.54, 1.807) is 18.0 Å². The number of ether oxygens (including phenoxy) is 2. The summed E-state index contributed by atoms with van der Waals surface area (Å²) < 4.78 is 14.7. The lowest BCUT2D eigenvalue weighted by atomic mass is 9.86. The van der Waals surface area contributed by atoms with Gasteiger partial charge < -0.3 is 19.9 Å². The molecule has 6 unspecified atom stereocenters. The van der Waals surface area contributed by atoms with Crippen LogP contribution in [0.25, 0.3) is 11.3 Å². The number of carbonyl (C=O) groups is 1. The Hall–Kier alpha value is -2.91. The zero-order chi connectivity index (χ0) is 29.1. The second-order valence-electron chi connectivity index (χ2n) is 9.55. The topological polar surface area (TPSA) is 160 Å². The van der Waals surface area contributed by atoms with E-state index in [0.29, 0.717) is 18.7 Å². The molecule has 1 fully saturated rings. The van der Waals surface area contributed by atoms with Gasteiger partial charge in [0.25, 0.3) is 0 Å². The fraction of sp³-hybridized carbons (Fsp3) is 0.615. The molecule has 13 nitrogen and oxygen atoms in total. The van der Waals surface area contributed by atoms with Crippen molar-refractivity contribution in [2.75, 3.05) is 31.7 Å². The number of amides is 1. The maximum atomic E-state index is 13.3. The van der Waals surface area contributed by atoms with Crippen LogP contribution in [0.2, 0.25) is 0 Å². The number of aromatic nitrogens is 3. The largest absolute Gasteiger partial charge is 0.446 e. The lowest BCUT2D eigenvalue weighted by molar-refractivity contribution is -0.447. The van der Waals surface area contributed by atoms with Gasteiger partial charge in [0, 0.05) is 12.0 Å². The summed E-state index contributed by atoms with van der Waals surface area (Å²) in [6.07, 6.45) is -0.319. The van der Waals surface area contributed by atoms with E-state index in [-0.39, 0.29) is 19.6 Å². The molecule has 1 aromatic carbocycles. The average molecular weight is 577 g/mol. The first kappa shape index (κ1) is 31.6. The molecular formula is C26H38N7O6S+. The number of aliphatic hydroxyl groups excluding tert-OH is 1. The highest BCUT2D eigenvalue weighted by molar-refractivity contribution is 7.99. The molecule has 1 amide bonds. The van der Waals surface area contributed by atoms with Gasteiger partial charge in [-0.05, 0) is 24.5 Å². The normalized spacial score (nSPS) is 24.2. The number of hydrogen-bond acceptors (Lipinski definition) is 12. The van der Waals surface area contributed by atoms with Gasteiger partial charge in [-0.1, -0.05) is 59.7 Å². The van der Waals surface area contributed by atoms with Crippen molar-refractivity contribution in [3.63, 3.8) is 0 Å². The predicted molar refractivity (Wildman–Crippen MR) is 152 cm³/mol. The summed E-state index contributed by atoms with van der Waals surface area (Å²) in [6, 6.07) is 5.89. The van der Waals surface area contributed by atoms with Crippen LogP contribution in [0.1, 0.15) is 26.7 Å². The standard InChI is InChI=1S/C26H38N7O6S/c1-5-27-23-21(34)15-26(25(35)32(3)4,38-13-10-14-40-6-2)39-24(23)22(30-37)20(29-36)17-33-16-19(28-31-33)18-11-8-7-9-12-18/h7-9,11-12,16,20-24,27,34H,3,5-6,10,13-15,17H2,1-2,4H3/q+1. The highest BCUT2D eigenvalue weighted by Gasteiger charge is 2.59. The number of nitrogens with zero attached hydrogens (tertiary/aromatic N) is 6. The minimum Gasteiger partial charge on any atom is -0.391 e. The monoisotopic (exact) mass is 576 g/mol. The van der Waals surface area contributed by atoms with Gasteiger partial charge in [0.1, 0.15) is 37.6 Å². The summed E-state index contributed by atoms with van der Waals surface area (Å²) in [5.74, 6) is -0.795. The average Bonchev–Trinajstić information content (AvgIpc) is 3.43. The molecule has 0 radical (unpaired) electrons. The molecular weight excluding hydrogens is 538 g/mol. The van der Waals surface area contributed by atoms with Crippen molar-refractivity contribution in [2.45, 2.75) is 69.4 Å². The summed E-state index contributed by atoms with van der Waals surface area (Å²) in [5.41, 5.74) is 1.41. The Balaban J connectivity index is 1.90. The maximum absolute atomic E-state index is 13.3. The molecule has 40 heavy (non-hydrogen) atoms. The van der Waals surface area contributed by atoms with Crippen molar-refractivity contribution >= 4 is 24.4 Å². The summed E-state index contributed by atoms with van der Waals surface area (Å²) in [5, 5.41) is 28.9. The van der Waals surface area contributed by atoms with Crippen LogP contribution in [-0.4, -0.2) is 105 Å². The van der Waals surface area contributed by atoms with Crippen molar-refractivity contribution in [3.05, 3.63) is 46.3 Å². The van der Waals surface area contributed by atoms with Crippen molar-refractivity contribution in [1.29, 1.82) is 0 Å². The van der Waals surface area contributed by atoms with Crippen molar-refractivity contribution < 1.29 is 24.0 Å². The van der Waals surface area contributed by atoms with Crippen LogP contribution < -0.4 is 5.32 Å². The van der Waals surface area contributed by atoms with Crippen LogP contribution in [-0.2, 0) is 20.8 Å².